The summed E-state index contributed by atoms with van der Waals surface area (Å²) in [5, 5.41) is 3.71. The fourth-order valence-electron chi connectivity index (χ4n) is 1.50. The number of fused-ring (bicyclic) bond motifs is 1. The molecule has 0 fully saturated rings. The maximum absolute atomic E-state index is 10.9. The van der Waals surface area contributed by atoms with Gasteiger partial charge in [-0.15, -0.1) is 0 Å². The highest BCUT2D eigenvalue weighted by atomic mass is 35.5. The van der Waals surface area contributed by atoms with Gasteiger partial charge in [0.1, 0.15) is 6.04 Å². The first-order chi connectivity index (χ1) is 6.16. The van der Waals surface area contributed by atoms with E-state index in [9.17, 15) is 4.79 Å². The third kappa shape index (κ3) is 1.47. The van der Waals surface area contributed by atoms with Crippen molar-refractivity contribution in [1.82, 2.24) is 0 Å². The highest BCUT2D eigenvalue weighted by Gasteiger charge is 2.24. The number of carbonyl (C=O) groups excluding carboxylic acids is 1. The van der Waals surface area contributed by atoms with Crippen molar-refractivity contribution in [2.45, 2.75) is 12.5 Å². The second-order valence-electron chi connectivity index (χ2n) is 3.10. The Labute approximate surface area is 80.9 Å². The van der Waals surface area contributed by atoms with Crippen molar-refractivity contribution in [3.8, 4) is 0 Å². The topological polar surface area (TPSA) is 55.1 Å². The van der Waals surface area contributed by atoms with Gasteiger partial charge in [0.25, 0.3) is 0 Å². The molecule has 1 amide bonds. The summed E-state index contributed by atoms with van der Waals surface area (Å²) in [6.07, 6.45) is 0.630. The first kappa shape index (κ1) is 8.38. The van der Waals surface area contributed by atoms with Crippen molar-refractivity contribution in [1.29, 1.82) is 0 Å². The zero-order chi connectivity index (χ0) is 9.42. The van der Waals surface area contributed by atoms with Crippen LogP contribution in [0.3, 0.4) is 0 Å². The number of nitrogens with two attached hydrogens (primary N) is 1. The second-order valence-corrected chi connectivity index (χ2v) is 3.54. The largest absolute Gasteiger partial charge is 0.373 e. The predicted molar refractivity (Wildman–Crippen MR) is 51.8 cm³/mol. The van der Waals surface area contributed by atoms with Crippen LogP contribution >= 0.6 is 11.6 Å². The number of hydrogen-bond acceptors (Lipinski definition) is 2. The molecule has 3 nitrogen and oxygen atoms in total. The molecule has 13 heavy (non-hydrogen) atoms. The first-order valence-corrected chi connectivity index (χ1v) is 4.39. The molecule has 0 spiro atoms. The lowest BCUT2D eigenvalue weighted by molar-refractivity contribution is -0.118. The molecule has 0 aliphatic carbocycles. The van der Waals surface area contributed by atoms with E-state index < -0.39 is 0 Å². The number of rotatable bonds is 1. The molecule has 1 aromatic carbocycles. The average molecular weight is 197 g/mol. The van der Waals surface area contributed by atoms with E-state index >= 15 is 0 Å². The van der Waals surface area contributed by atoms with Gasteiger partial charge in [-0.3, -0.25) is 4.79 Å². The molecule has 1 aromatic rings. The van der Waals surface area contributed by atoms with E-state index in [4.69, 9.17) is 17.3 Å². The van der Waals surface area contributed by atoms with Crippen LogP contribution in [0, 0.1) is 0 Å². The van der Waals surface area contributed by atoms with Crippen molar-refractivity contribution in [3.63, 3.8) is 0 Å². The molecule has 1 atom stereocenters. The second kappa shape index (κ2) is 2.92. The lowest BCUT2D eigenvalue weighted by atomic mass is 10.1. The van der Waals surface area contributed by atoms with Crippen molar-refractivity contribution in [2.24, 2.45) is 5.73 Å². The fraction of sp³-hybridized carbons (Fsp3) is 0.222. The van der Waals surface area contributed by atoms with E-state index in [1.165, 1.54) is 0 Å². The van der Waals surface area contributed by atoms with Crippen molar-refractivity contribution in [3.05, 3.63) is 28.8 Å². The summed E-state index contributed by atoms with van der Waals surface area (Å²) in [6, 6.07) is 5.22. The predicted octanol–water partition coefficient (Wildman–Crippen LogP) is 1.16. The van der Waals surface area contributed by atoms with Gasteiger partial charge in [0.2, 0.25) is 5.91 Å². The number of amides is 1. The maximum atomic E-state index is 10.9. The Hall–Kier alpha value is -1.22. The van der Waals surface area contributed by atoms with Crippen LogP contribution in [-0.4, -0.2) is 11.9 Å². The van der Waals surface area contributed by atoms with Gasteiger partial charge in [-0.05, 0) is 23.8 Å². The number of hydrogen-bond donors (Lipinski definition) is 2. The standard InChI is InChI=1S/C9H9ClN2O/c10-6-1-2-7-5(3-6)4-8(12-7)9(11)13/h1-3,8,12H,4H2,(H2,11,13)/t8-/m0/s1. The van der Waals surface area contributed by atoms with Gasteiger partial charge in [-0.2, -0.15) is 0 Å². The highest BCUT2D eigenvalue weighted by Crippen LogP contribution is 2.28. The summed E-state index contributed by atoms with van der Waals surface area (Å²) in [7, 11) is 0. The van der Waals surface area contributed by atoms with Crippen LogP contribution in [0.5, 0.6) is 0 Å². The van der Waals surface area contributed by atoms with E-state index in [0.29, 0.717) is 11.4 Å². The quantitative estimate of drug-likeness (QED) is 0.708. The van der Waals surface area contributed by atoms with Crippen LogP contribution in [0.1, 0.15) is 5.56 Å². The Morgan fingerprint density at radius 3 is 3.08 bits per heavy atom. The Kier molecular flexibility index (Phi) is 1.88. The van der Waals surface area contributed by atoms with E-state index in [2.05, 4.69) is 5.32 Å². The van der Waals surface area contributed by atoms with E-state index in [-0.39, 0.29) is 11.9 Å². The molecule has 0 saturated carbocycles. The molecular weight excluding hydrogens is 188 g/mol. The Bertz CT molecular complexity index is 365. The van der Waals surface area contributed by atoms with Crippen LogP contribution in [-0.2, 0) is 11.2 Å². The summed E-state index contributed by atoms with van der Waals surface area (Å²) in [6.45, 7) is 0. The highest BCUT2D eigenvalue weighted by molar-refractivity contribution is 6.30. The van der Waals surface area contributed by atoms with Gasteiger partial charge in [0.05, 0.1) is 0 Å². The van der Waals surface area contributed by atoms with Crippen LogP contribution in [0.25, 0.3) is 0 Å². The third-order valence-electron chi connectivity index (χ3n) is 2.16. The summed E-state index contributed by atoms with van der Waals surface area (Å²) in [5.74, 6) is -0.327. The molecule has 0 saturated heterocycles. The van der Waals surface area contributed by atoms with E-state index in [0.717, 1.165) is 11.3 Å². The average Bonchev–Trinajstić information content (AvgIpc) is 2.46. The van der Waals surface area contributed by atoms with Crippen molar-refractivity contribution in [2.75, 3.05) is 5.32 Å². The fourth-order valence-corrected chi connectivity index (χ4v) is 1.70. The van der Waals surface area contributed by atoms with Crippen molar-refractivity contribution < 1.29 is 4.79 Å². The SMILES string of the molecule is NC(=O)[C@@H]1Cc2cc(Cl)ccc2N1. The molecular formula is C9H9ClN2O. The van der Waals surface area contributed by atoms with Crippen LogP contribution in [0.2, 0.25) is 5.02 Å². The summed E-state index contributed by atoms with van der Waals surface area (Å²) >= 11 is 5.81. The van der Waals surface area contributed by atoms with Gasteiger partial charge in [-0.1, -0.05) is 11.6 Å². The molecule has 1 aliphatic heterocycles. The Morgan fingerprint density at radius 2 is 2.38 bits per heavy atom. The molecule has 0 aromatic heterocycles. The molecule has 68 valence electrons. The Morgan fingerprint density at radius 1 is 1.62 bits per heavy atom. The Balaban J connectivity index is 2.30. The zero-order valence-corrected chi connectivity index (χ0v) is 7.64. The van der Waals surface area contributed by atoms with Gasteiger partial charge in [0, 0.05) is 17.1 Å². The number of nitrogens with one attached hydrogen (secondary N) is 1. The first-order valence-electron chi connectivity index (χ1n) is 4.01. The van der Waals surface area contributed by atoms with E-state index in [1.54, 1.807) is 6.07 Å². The molecule has 3 N–H and O–H groups in total. The number of halogens is 1. The lowest BCUT2D eigenvalue weighted by Crippen LogP contribution is -2.33. The number of carbonyl (C=O) groups is 1. The lowest BCUT2D eigenvalue weighted by Gasteiger charge is -2.04. The summed E-state index contributed by atoms with van der Waals surface area (Å²) in [5.41, 5.74) is 7.18. The van der Waals surface area contributed by atoms with Gasteiger partial charge < -0.3 is 11.1 Å². The number of benzene rings is 1. The summed E-state index contributed by atoms with van der Waals surface area (Å²) in [4.78, 5) is 10.9. The number of primary amides is 1. The molecule has 1 aliphatic rings. The van der Waals surface area contributed by atoms with Crippen molar-refractivity contribution >= 4 is 23.2 Å². The van der Waals surface area contributed by atoms with Gasteiger partial charge in [0.15, 0.2) is 0 Å². The van der Waals surface area contributed by atoms with Crippen LogP contribution in [0.4, 0.5) is 5.69 Å². The monoisotopic (exact) mass is 196 g/mol. The summed E-state index contributed by atoms with van der Waals surface area (Å²) < 4.78 is 0. The molecule has 2 rings (SSSR count). The minimum absolute atomic E-state index is 0.284. The molecule has 4 heteroatoms. The third-order valence-corrected chi connectivity index (χ3v) is 2.40. The smallest absolute Gasteiger partial charge is 0.240 e. The minimum atomic E-state index is -0.327. The molecule has 0 bridgehead atoms. The van der Waals surface area contributed by atoms with Gasteiger partial charge in [-0.25, -0.2) is 0 Å². The minimum Gasteiger partial charge on any atom is -0.373 e. The van der Waals surface area contributed by atoms with Gasteiger partial charge >= 0.3 is 0 Å². The molecule has 0 radical (unpaired) electrons. The van der Waals surface area contributed by atoms with Crippen LogP contribution in [0.15, 0.2) is 18.2 Å². The normalized spacial score (nSPS) is 19.3. The van der Waals surface area contributed by atoms with Crippen LogP contribution < -0.4 is 11.1 Å². The molecule has 1 heterocycles. The zero-order valence-electron chi connectivity index (χ0n) is 6.88. The molecule has 0 unspecified atom stereocenters. The maximum Gasteiger partial charge on any atom is 0.240 e. The van der Waals surface area contributed by atoms with E-state index in [1.807, 2.05) is 12.1 Å². The number of anilines is 1.